The third-order valence-corrected chi connectivity index (χ3v) is 8.68. The lowest BCUT2D eigenvalue weighted by molar-refractivity contribution is -0.0633. The molecule has 0 unspecified atom stereocenters. The van der Waals surface area contributed by atoms with E-state index in [1.807, 2.05) is 22.3 Å². The van der Waals surface area contributed by atoms with E-state index in [0.717, 1.165) is 51.4 Å². The Kier molecular flexibility index (Phi) is 6.33. The van der Waals surface area contributed by atoms with Gasteiger partial charge < -0.3 is 10.2 Å². The fourth-order valence-corrected chi connectivity index (χ4v) is 7.30. The number of hydrogen-bond acceptors (Lipinski definition) is 3. The maximum absolute atomic E-state index is 11.6. The van der Waals surface area contributed by atoms with Gasteiger partial charge in [-0.15, -0.1) is 0 Å². The number of hydrogen-bond donors (Lipinski definition) is 2. The summed E-state index contributed by atoms with van der Waals surface area (Å²) in [6.07, 6.45) is 13.2. The van der Waals surface area contributed by atoms with E-state index in [-0.39, 0.29) is 5.41 Å². The highest BCUT2D eigenvalue weighted by atomic mass is 127. The molecule has 3 aliphatic rings. The fraction of sp³-hybridized carbons (Fsp3) is 0.577. The van der Waals surface area contributed by atoms with Crippen LogP contribution in [-0.4, -0.2) is 15.8 Å². The van der Waals surface area contributed by atoms with Crippen molar-refractivity contribution in [1.29, 1.82) is 5.26 Å². The Morgan fingerprint density at radius 2 is 2.07 bits per heavy atom. The minimum Gasteiger partial charge on any atom is -0.508 e. The van der Waals surface area contributed by atoms with Crippen molar-refractivity contribution >= 4 is 28.7 Å². The minimum absolute atomic E-state index is 0.0931. The molecule has 0 heterocycles. The van der Waals surface area contributed by atoms with Crippen LogP contribution in [0.3, 0.4) is 0 Å². The first-order valence-corrected chi connectivity index (χ1v) is 12.6. The van der Waals surface area contributed by atoms with Crippen molar-refractivity contribution in [2.24, 2.45) is 17.3 Å². The van der Waals surface area contributed by atoms with Crippen molar-refractivity contribution in [3.05, 3.63) is 45.1 Å². The number of phenols is 1. The van der Waals surface area contributed by atoms with Crippen molar-refractivity contribution < 1.29 is 10.2 Å². The molecule has 0 aliphatic heterocycles. The summed E-state index contributed by atoms with van der Waals surface area (Å²) in [6, 6.07) is 8.11. The van der Waals surface area contributed by atoms with Crippen LogP contribution in [0.25, 0.3) is 6.08 Å². The molecule has 0 amide bonds. The molecule has 30 heavy (non-hydrogen) atoms. The number of unbranched alkanes of at least 4 members (excludes halogenated alkanes) is 3. The average molecular weight is 517 g/mol. The maximum atomic E-state index is 11.6. The largest absolute Gasteiger partial charge is 0.508 e. The Hall–Kier alpha value is -1.32. The normalized spacial score (nSPS) is 34.7. The quantitative estimate of drug-likeness (QED) is 0.320. The summed E-state index contributed by atoms with van der Waals surface area (Å²) in [5.41, 5.74) is 3.23. The molecule has 0 radical (unpaired) electrons. The molecule has 0 bridgehead atoms. The molecule has 0 saturated heterocycles. The monoisotopic (exact) mass is 517 g/mol. The number of rotatable bonds is 6. The van der Waals surface area contributed by atoms with Gasteiger partial charge in [0.05, 0.1) is 11.7 Å². The van der Waals surface area contributed by atoms with Crippen LogP contribution in [0.15, 0.2) is 33.9 Å². The zero-order valence-electron chi connectivity index (χ0n) is 17.8. The lowest BCUT2D eigenvalue weighted by Gasteiger charge is -2.53. The van der Waals surface area contributed by atoms with Crippen LogP contribution in [0.2, 0.25) is 0 Å². The minimum atomic E-state index is -0.711. The van der Waals surface area contributed by atoms with Crippen molar-refractivity contribution in [3.63, 3.8) is 0 Å². The number of allylic oxidation sites excluding steroid dienone is 1. The van der Waals surface area contributed by atoms with E-state index >= 15 is 0 Å². The number of nitriles is 1. The molecule has 3 aliphatic carbocycles. The first-order chi connectivity index (χ1) is 14.4. The van der Waals surface area contributed by atoms with Crippen molar-refractivity contribution in [1.82, 2.24) is 0 Å². The number of nitrogens with zero attached hydrogens (tertiary/aromatic N) is 1. The fourth-order valence-electron chi connectivity index (χ4n) is 6.71. The van der Waals surface area contributed by atoms with Crippen molar-refractivity contribution in [2.45, 2.75) is 76.2 Å². The first kappa shape index (κ1) is 21.9. The van der Waals surface area contributed by atoms with Crippen LogP contribution in [0.1, 0.15) is 81.8 Å². The molecule has 5 atom stereocenters. The Morgan fingerprint density at radius 3 is 2.83 bits per heavy atom. The van der Waals surface area contributed by atoms with Gasteiger partial charge >= 0.3 is 0 Å². The van der Waals surface area contributed by atoms with Crippen LogP contribution in [0.5, 0.6) is 5.75 Å². The summed E-state index contributed by atoms with van der Waals surface area (Å²) >= 11 is 2.23. The van der Waals surface area contributed by atoms with Crippen LogP contribution >= 0.6 is 22.6 Å². The molecular weight excluding hydrogens is 485 g/mol. The second kappa shape index (κ2) is 8.67. The molecule has 4 heteroatoms. The topological polar surface area (TPSA) is 64.2 Å². The van der Waals surface area contributed by atoms with E-state index in [1.165, 1.54) is 16.7 Å². The van der Waals surface area contributed by atoms with E-state index in [0.29, 0.717) is 29.9 Å². The van der Waals surface area contributed by atoms with Crippen molar-refractivity contribution in [2.75, 3.05) is 0 Å². The maximum Gasteiger partial charge on any atom is 0.116 e. The molecular formula is C26H32INO2. The Bertz CT molecular complexity index is 901. The smallest absolute Gasteiger partial charge is 0.116 e. The predicted octanol–water partition coefficient (Wildman–Crippen LogP) is 6.85. The second-order valence-corrected chi connectivity index (χ2v) is 10.4. The molecule has 2 fully saturated rings. The third-order valence-electron chi connectivity index (χ3n) is 8.32. The van der Waals surface area contributed by atoms with Gasteiger partial charge in [0.15, 0.2) is 0 Å². The first-order valence-electron chi connectivity index (χ1n) is 11.3. The van der Waals surface area contributed by atoms with Crippen LogP contribution < -0.4 is 0 Å². The Labute approximate surface area is 194 Å². The van der Waals surface area contributed by atoms with Crippen LogP contribution in [-0.2, 0) is 0 Å². The standard InChI is InChI=1S/C26H32INO2/c1-25-11-9-22-21-8-7-20(29)17-19(21)16-18(6-4-2-3-5-15-28)24(22)23(25)10-12-26(25,30)13-14-27/h7-8,13-14,16-17,22-24,29-30H,2-6,9-12H2,1H3/b14-13+/t22-,23+,24-,25+,26-/m1/s1. The SMILES string of the molecule is C[C@]12CC[C@@H]3c4ccc(O)cc4C=C(CCCCCC#N)[C@H]3[C@@H]1CC[C@@]2(O)/C=C/I. The Morgan fingerprint density at radius 1 is 1.23 bits per heavy atom. The lowest BCUT2D eigenvalue weighted by atomic mass is 9.52. The van der Waals surface area contributed by atoms with Gasteiger partial charge in [-0.2, -0.15) is 5.26 Å². The summed E-state index contributed by atoms with van der Waals surface area (Å²) in [7, 11) is 0. The zero-order valence-corrected chi connectivity index (χ0v) is 19.9. The van der Waals surface area contributed by atoms with Gasteiger partial charge in [0.25, 0.3) is 0 Å². The molecule has 2 N–H and O–H groups in total. The number of fused-ring (bicyclic) bond motifs is 5. The highest BCUT2D eigenvalue weighted by Crippen LogP contribution is 2.65. The summed E-state index contributed by atoms with van der Waals surface area (Å²) in [5.74, 6) is 1.75. The molecule has 160 valence electrons. The van der Waals surface area contributed by atoms with Gasteiger partial charge in [-0.25, -0.2) is 0 Å². The molecule has 1 aromatic rings. The average Bonchev–Trinajstić information content (AvgIpc) is 2.98. The van der Waals surface area contributed by atoms with Gasteiger partial charge in [0, 0.05) is 11.8 Å². The Balaban J connectivity index is 1.68. The van der Waals surface area contributed by atoms with Crippen LogP contribution in [0.4, 0.5) is 0 Å². The molecule has 1 aromatic carbocycles. The van der Waals surface area contributed by atoms with Gasteiger partial charge in [0.2, 0.25) is 0 Å². The summed E-state index contributed by atoms with van der Waals surface area (Å²) in [6.45, 7) is 2.31. The van der Waals surface area contributed by atoms with E-state index in [9.17, 15) is 10.2 Å². The second-order valence-electron chi connectivity index (χ2n) is 9.70. The van der Waals surface area contributed by atoms with E-state index in [1.54, 1.807) is 0 Å². The van der Waals surface area contributed by atoms with Crippen molar-refractivity contribution in [3.8, 4) is 11.8 Å². The number of aliphatic hydroxyl groups is 1. The van der Waals surface area contributed by atoms with Gasteiger partial charge in [-0.3, -0.25) is 0 Å². The van der Waals surface area contributed by atoms with Gasteiger partial charge in [0.1, 0.15) is 5.75 Å². The molecule has 4 rings (SSSR count). The third kappa shape index (κ3) is 3.62. The van der Waals surface area contributed by atoms with Gasteiger partial charge in [-0.1, -0.05) is 53.7 Å². The number of phenolic OH excluding ortho intramolecular Hbond substituents is 1. The highest BCUT2D eigenvalue weighted by Gasteiger charge is 2.61. The van der Waals surface area contributed by atoms with E-state index < -0.39 is 5.60 Å². The molecule has 0 aromatic heterocycles. The summed E-state index contributed by atoms with van der Waals surface area (Å²) < 4.78 is 1.99. The number of halogens is 1. The van der Waals surface area contributed by atoms with E-state index in [4.69, 9.17) is 5.26 Å². The zero-order chi connectivity index (χ0) is 21.4. The molecule has 3 nitrogen and oxygen atoms in total. The highest BCUT2D eigenvalue weighted by molar-refractivity contribution is 14.1. The molecule has 0 spiro atoms. The lowest BCUT2D eigenvalue weighted by Crippen LogP contribution is -2.49. The van der Waals surface area contributed by atoms with Crippen LogP contribution in [0, 0.1) is 28.6 Å². The predicted molar refractivity (Wildman–Crippen MR) is 129 cm³/mol. The summed E-state index contributed by atoms with van der Waals surface area (Å²) in [5, 5.41) is 30.4. The summed E-state index contributed by atoms with van der Waals surface area (Å²) in [4.78, 5) is 0. The van der Waals surface area contributed by atoms with Gasteiger partial charge in [-0.05, 0) is 96.1 Å². The van der Waals surface area contributed by atoms with E-state index in [2.05, 4.69) is 47.7 Å². The molecule has 2 saturated carbocycles. The number of benzene rings is 1. The number of aromatic hydroxyl groups is 1.